The van der Waals surface area contributed by atoms with Crippen molar-refractivity contribution in [2.45, 2.75) is 13.8 Å². The third-order valence-corrected chi connectivity index (χ3v) is 4.44. The number of aromatic nitrogens is 2. The van der Waals surface area contributed by atoms with E-state index in [-0.39, 0.29) is 5.69 Å². The van der Waals surface area contributed by atoms with Crippen LogP contribution in [-0.4, -0.2) is 43.3 Å². The predicted octanol–water partition coefficient (Wildman–Crippen LogP) is -0.303. The number of amides is 1. The van der Waals surface area contributed by atoms with Crippen molar-refractivity contribution in [2.75, 3.05) is 5.32 Å². The van der Waals surface area contributed by atoms with E-state index >= 15 is 0 Å². The SMILES string of the molecule is CC(=O)Nc1cccc([As](=O)(O)O)c1O.Cc1ccncn1. The first-order valence-electron chi connectivity index (χ1n) is 6.10. The number of carbonyl (C=O) groups excluding carboxylic acids is 1. The van der Waals surface area contributed by atoms with Crippen molar-refractivity contribution in [3.8, 4) is 5.75 Å². The molecule has 2 aromatic rings. The van der Waals surface area contributed by atoms with Gasteiger partial charge in [0.2, 0.25) is 0 Å². The number of aryl methyl sites for hydroxylation is 1. The molecule has 0 saturated carbocycles. The minimum Gasteiger partial charge on any atom is -0.245 e. The molecule has 0 fully saturated rings. The number of rotatable bonds is 2. The summed E-state index contributed by atoms with van der Waals surface area (Å²) in [6.45, 7) is 3.16. The molecule has 1 heterocycles. The molecular weight excluding hydrogens is 353 g/mol. The summed E-state index contributed by atoms with van der Waals surface area (Å²) in [7, 11) is 0. The molecule has 0 spiro atoms. The number of nitrogens with one attached hydrogen (secondary N) is 1. The Balaban J connectivity index is 0.000000287. The van der Waals surface area contributed by atoms with Gasteiger partial charge in [-0.2, -0.15) is 0 Å². The van der Waals surface area contributed by atoms with Crippen LogP contribution in [-0.2, 0) is 8.53 Å². The fraction of sp³-hybridized carbons (Fsp3) is 0.154. The Morgan fingerprint density at radius 2 is 1.95 bits per heavy atom. The van der Waals surface area contributed by atoms with Gasteiger partial charge in [-0.1, -0.05) is 0 Å². The van der Waals surface area contributed by atoms with Crippen molar-refractivity contribution < 1.29 is 21.8 Å². The largest absolute Gasteiger partial charge is 0.245 e. The second-order valence-electron chi connectivity index (χ2n) is 4.25. The number of anilines is 1. The number of para-hydroxylation sites is 1. The third-order valence-electron chi connectivity index (χ3n) is 2.37. The van der Waals surface area contributed by atoms with Gasteiger partial charge in [0.25, 0.3) is 0 Å². The smallest absolute Gasteiger partial charge is 0.115 e. The minimum atomic E-state index is -5.15. The fourth-order valence-electron chi connectivity index (χ4n) is 1.41. The normalized spacial score (nSPS) is 10.4. The van der Waals surface area contributed by atoms with Crippen LogP contribution in [0.25, 0.3) is 0 Å². The summed E-state index contributed by atoms with van der Waals surface area (Å²) in [6, 6.07) is 5.69. The van der Waals surface area contributed by atoms with Crippen molar-refractivity contribution in [1.82, 2.24) is 9.97 Å². The quantitative estimate of drug-likeness (QED) is 0.422. The molecule has 0 aliphatic heterocycles. The van der Waals surface area contributed by atoms with E-state index in [1.807, 2.05) is 13.0 Å². The summed E-state index contributed by atoms with van der Waals surface area (Å²) in [5.41, 5.74) is 1.000. The molecule has 9 heteroatoms. The molecule has 1 aromatic carbocycles. The average Bonchev–Trinajstić information content (AvgIpc) is 2.41. The van der Waals surface area contributed by atoms with Gasteiger partial charge in [0.15, 0.2) is 0 Å². The van der Waals surface area contributed by atoms with Crippen molar-refractivity contribution in [3.63, 3.8) is 0 Å². The van der Waals surface area contributed by atoms with Gasteiger partial charge in [0.05, 0.1) is 0 Å². The summed E-state index contributed by atoms with van der Waals surface area (Å²) < 4.78 is 28.4. The minimum absolute atomic E-state index is 0.00951. The maximum Gasteiger partial charge on any atom is 0.115 e. The molecule has 4 N–H and O–H groups in total. The van der Waals surface area contributed by atoms with Gasteiger partial charge in [-0.15, -0.1) is 0 Å². The van der Waals surface area contributed by atoms with Crippen molar-refractivity contribution in [1.29, 1.82) is 0 Å². The molecule has 8 nitrogen and oxygen atoms in total. The zero-order valence-corrected chi connectivity index (χ0v) is 13.8. The molecular formula is C13H16AsN3O5. The number of nitrogens with zero attached hydrogens (tertiary/aromatic N) is 2. The zero-order chi connectivity index (χ0) is 16.8. The van der Waals surface area contributed by atoms with Crippen LogP contribution in [0, 0.1) is 6.92 Å². The Bertz CT molecular complexity index is 687. The maximum atomic E-state index is 11.0. The van der Waals surface area contributed by atoms with Crippen molar-refractivity contribution in [2.24, 2.45) is 0 Å². The number of aromatic hydroxyl groups is 1. The molecule has 0 radical (unpaired) electrons. The van der Waals surface area contributed by atoms with Gasteiger partial charge >= 0.3 is 88.1 Å². The number of benzene rings is 1. The van der Waals surface area contributed by atoms with E-state index in [0.29, 0.717) is 0 Å². The Labute approximate surface area is 129 Å². The topological polar surface area (TPSA) is 133 Å². The summed E-state index contributed by atoms with van der Waals surface area (Å²) in [5, 5.41) is 11.7. The number of hydrogen-bond donors (Lipinski definition) is 4. The molecule has 0 aliphatic carbocycles. The number of carbonyl (C=O) groups is 1. The molecule has 0 saturated heterocycles. The molecule has 0 aliphatic rings. The zero-order valence-electron chi connectivity index (χ0n) is 12.0. The fourth-order valence-corrected chi connectivity index (χ4v) is 2.83. The van der Waals surface area contributed by atoms with E-state index in [9.17, 15) is 13.6 Å². The summed E-state index contributed by atoms with van der Waals surface area (Å²) in [4.78, 5) is 18.3. The van der Waals surface area contributed by atoms with Crippen molar-refractivity contribution >= 4 is 30.1 Å². The summed E-state index contributed by atoms with van der Waals surface area (Å²) in [5.74, 6) is -1.01. The predicted molar refractivity (Wildman–Crippen MR) is 79.7 cm³/mol. The second-order valence-corrected chi connectivity index (χ2v) is 7.54. The molecule has 118 valence electrons. The van der Waals surface area contributed by atoms with Crippen LogP contribution in [0.2, 0.25) is 0 Å². The molecule has 2 rings (SSSR count). The van der Waals surface area contributed by atoms with E-state index in [1.54, 1.807) is 6.20 Å². The average molecular weight is 369 g/mol. The van der Waals surface area contributed by atoms with Crippen LogP contribution in [0.15, 0.2) is 36.8 Å². The monoisotopic (exact) mass is 369 g/mol. The molecule has 1 aromatic heterocycles. The van der Waals surface area contributed by atoms with Crippen LogP contribution in [0.1, 0.15) is 12.6 Å². The Hall–Kier alpha value is -2.15. The van der Waals surface area contributed by atoms with Gasteiger partial charge in [0, 0.05) is 11.9 Å². The van der Waals surface area contributed by atoms with E-state index in [2.05, 4.69) is 15.3 Å². The standard InChI is InChI=1S/C8H10AsNO5.C5H6N2/c1-5(11)10-7-4-2-3-6(8(7)12)9(13,14)15;1-5-2-3-6-4-7-5/h2-4,12H,1H3,(H,10,11)(H2,13,14,15);2-4H,1H3. The maximum absolute atomic E-state index is 11.0. The number of phenolic OH excluding ortho intramolecular Hbond substituents is 1. The van der Waals surface area contributed by atoms with Crippen LogP contribution in [0.5, 0.6) is 5.75 Å². The van der Waals surface area contributed by atoms with Crippen LogP contribution < -0.4 is 9.67 Å². The van der Waals surface area contributed by atoms with Crippen molar-refractivity contribution in [3.05, 3.63) is 42.5 Å². The molecule has 0 bridgehead atoms. The van der Waals surface area contributed by atoms with Gasteiger partial charge in [-0.05, 0) is 13.0 Å². The number of phenols is 1. The van der Waals surface area contributed by atoms with E-state index < -0.39 is 30.2 Å². The van der Waals surface area contributed by atoms with Gasteiger partial charge in [-0.3, -0.25) is 0 Å². The van der Waals surface area contributed by atoms with Gasteiger partial charge in [-0.25, -0.2) is 9.97 Å². The second kappa shape index (κ2) is 7.74. The Morgan fingerprint density at radius 3 is 2.36 bits per heavy atom. The van der Waals surface area contributed by atoms with Crippen LogP contribution in [0.3, 0.4) is 0 Å². The van der Waals surface area contributed by atoms with Gasteiger partial charge < -0.3 is 0 Å². The molecule has 0 atom stereocenters. The first-order valence-corrected chi connectivity index (χ1v) is 9.48. The molecule has 1 amide bonds. The Kier molecular flexibility index (Phi) is 6.30. The van der Waals surface area contributed by atoms with Crippen LogP contribution in [0.4, 0.5) is 5.69 Å². The third kappa shape index (κ3) is 5.69. The van der Waals surface area contributed by atoms with E-state index in [0.717, 1.165) is 11.8 Å². The Morgan fingerprint density at radius 1 is 1.27 bits per heavy atom. The first-order chi connectivity index (χ1) is 10.2. The molecule has 22 heavy (non-hydrogen) atoms. The summed E-state index contributed by atoms with van der Waals surface area (Å²) in [6.07, 6.45) is 3.26. The molecule has 0 unspecified atom stereocenters. The first kappa shape index (κ1) is 17.9. The van der Waals surface area contributed by atoms with E-state index in [1.165, 1.54) is 25.4 Å². The van der Waals surface area contributed by atoms with Crippen LogP contribution >= 0.6 is 0 Å². The number of hydrogen-bond acceptors (Lipinski definition) is 5. The van der Waals surface area contributed by atoms with Gasteiger partial charge in [0.1, 0.15) is 6.33 Å². The van der Waals surface area contributed by atoms with E-state index in [4.69, 9.17) is 8.19 Å². The summed E-state index contributed by atoms with van der Waals surface area (Å²) >= 11 is -5.15.